The lowest BCUT2D eigenvalue weighted by Gasteiger charge is -2.11. The van der Waals surface area contributed by atoms with E-state index in [0.717, 1.165) is 6.07 Å². The molecule has 0 aliphatic rings. The third kappa shape index (κ3) is 3.89. The molecule has 7 heteroatoms. The zero-order chi connectivity index (χ0) is 14.4. The molecule has 0 fully saturated rings. The lowest BCUT2D eigenvalue weighted by molar-refractivity contribution is -0.0501. The Labute approximate surface area is 117 Å². The molecule has 0 atom stereocenters. The van der Waals surface area contributed by atoms with Gasteiger partial charge in [-0.25, -0.2) is 4.79 Å². The van der Waals surface area contributed by atoms with Gasteiger partial charge in [0, 0.05) is 5.33 Å². The van der Waals surface area contributed by atoms with Gasteiger partial charge in [0.1, 0.15) is 11.8 Å². The van der Waals surface area contributed by atoms with Crippen molar-refractivity contribution >= 4 is 21.9 Å². The standard InChI is InChI=1S/C12H10BrF2NO3/c1-2-18-11(17)7-3-8(5-13)9(6-16)10(4-7)19-12(14)15/h3-4,12H,2,5H2,1H3. The summed E-state index contributed by atoms with van der Waals surface area (Å²) in [4.78, 5) is 11.6. The summed E-state index contributed by atoms with van der Waals surface area (Å²) >= 11 is 3.13. The van der Waals surface area contributed by atoms with Crippen LogP contribution < -0.4 is 4.74 Å². The van der Waals surface area contributed by atoms with E-state index >= 15 is 0 Å². The van der Waals surface area contributed by atoms with Gasteiger partial charge < -0.3 is 9.47 Å². The number of nitrogens with zero attached hydrogens (tertiary/aromatic N) is 1. The summed E-state index contributed by atoms with van der Waals surface area (Å²) in [6, 6.07) is 4.26. The number of ether oxygens (including phenoxy) is 2. The SMILES string of the molecule is CCOC(=O)c1cc(CBr)c(C#N)c(OC(F)F)c1. The molecule has 0 unspecified atom stereocenters. The van der Waals surface area contributed by atoms with E-state index in [4.69, 9.17) is 10.00 Å². The number of esters is 1. The van der Waals surface area contributed by atoms with Crippen LogP contribution in [-0.2, 0) is 10.1 Å². The fourth-order valence-electron chi connectivity index (χ4n) is 1.43. The topological polar surface area (TPSA) is 59.3 Å². The van der Waals surface area contributed by atoms with Crippen molar-refractivity contribution in [2.24, 2.45) is 0 Å². The second-order valence-corrected chi connectivity index (χ2v) is 3.91. The molecule has 1 rings (SSSR count). The molecule has 19 heavy (non-hydrogen) atoms. The summed E-state index contributed by atoms with van der Waals surface area (Å²) in [6.07, 6.45) is 0. The van der Waals surface area contributed by atoms with Crippen molar-refractivity contribution in [1.82, 2.24) is 0 Å². The monoisotopic (exact) mass is 333 g/mol. The predicted octanol–water partition coefficient (Wildman–Crippen LogP) is 3.23. The third-order valence-corrected chi connectivity index (χ3v) is 2.77. The average Bonchev–Trinajstić information content (AvgIpc) is 2.37. The van der Waals surface area contributed by atoms with E-state index in [1.54, 1.807) is 13.0 Å². The van der Waals surface area contributed by atoms with Crippen molar-refractivity contribution in [1.29, 1.82) is 5.26 Å². The van der Waals surface area contributed by atoms with E-state index < -0.39 is 12.6 Å². The van der Waals surface area contributed by atoms with Crippen molar-refractivity contribution in [2.45, 2.75) is 18.9 Å². The lowest BCUT2D eigenvalue weighted by atomic mass is 10.0. The summed E-state index contributed by atoms with van der Waals surface area (Å²) in [7, 11) is 0. The average molecular weight is 334 g/mol. The van der Waals surface area contributed by atoms with Gasteiger partial charge >= 0.3 is 12.6 Å². The summed E-state index contributed by atoms with van der Waals surface area (Å²) in [5.41, 5.74) is 0.403. The van der Waals surface area contributed by atoms with Crippen molar-refractivity contribution in [3.63, 3.8) is 0 Å². The Morgan fingerprint density at radius 3 is 2.68 bits per heavy atom. The first kappa shape index (κ1) is 15.4. The van der Waals surface area contributed by atoms with E-state index in [0.29, 0.717) is 5.56 Å². The Bertz CT molecular complexity index is 514. The number of hydrogen-bond acceptors (Lipinski definition) is 4. The maximum atomic E-state index is 12.3. The van der Waals surface area contributed by atoms with Crippen LogP contribution in [0, 0.1) is 11.3 Å². The van der Waals surface area contributed by atoms with Crippen LogP contribution >= 0.6 is 15.9 Å². The second-order valence-electron chi connectivity index (χ2n) is 3.35. The van der Waals surface area contributed by atoms with Crippen LogP contribution in [0.15, 0.2) is 12.1 Å². The molecule has 0 aliphatic heterocycles. The highest BCUT2D eigenvalue weighted by atomic mass is 79.9. The van der Waals surface area contributed by atoms with Crippen LogP contribution in [0.1, 0.15) is 28.4 Å². The highest BCUT2D eigenvalue weighted by Gasteiger charge is 2.18. The molecule has 0 bridgehead atoms. The van der Waals surface area contributed by atoms with Crippen LogP contribution in [-0.4, -0.2) is 19.2 Å². The predicted molar refractivity (Wildman–Crippen MR) is 66.4 cm³/mol. The lowest BCUT2D eigenvalue weighted by Crippen LogP contribution is -2.09. The summed E-state index contributed by atoms with van der Waals surface area (Å²) in [5.74, 6) is -0.995. The molecule has 0 aliphatic carbocycles. The van der Waals surface area contributed by atoms with Crippen LogP contribution in [0.3, 0.4) is 0 Å². The normalized spacial score (nSPS) is 10.1. The molecule has 4 nitrogen and oxygen atoms in total. The minimum atomic E-state index is -3.08. The maximum absolute atomic E-state index is 12.3. The smallest absolute Gasteiger partial charge is 0.387 e. The number of benzene rings is 1. The van der Waals surface area contributed by atoms with Crippen LogP contribution in [0.2, 0.25) is 0 Å². The van der Waals surface area contributed by atoms with E-state index in [9.17, 15) is 13.6 Å². The van der Waals surface area contributed by atoms with E-state index in [2.05, 4.69) is 20.7 Å². The van der Waals surface area contributed by atoms with Crippen LogP contribution in [0.4, 0.5) is 8.78 Å². The Morgan fingerprint density at radius 1 is 1.53 bits per heavy atom. The first-order valence-corrected chi connectivity index (χ1v) is 6.40. The highest BCUT2D eigenvalue weighted by Crippen LogP contribution is 2.27. The van der Waals surface area contributed by atoms with Gasteiger partial charge in [-0.05, 0) is 24.6 Å². The summed E-state index contributed by atoms with van der Waals surface area (Å²) in [5, 5.41) is 9.19. The van der Waals surface area contributed by atoms with Crippen molar-refractivity contribution in [3.8, 4) is 11.8 Å². The van der Waals surface area contributed by atoms with Crippen molar-refractivity contribution < 1.29 is 23.0 Å². The van der Waals surface area contributed by atoms with E-state index in [-0.39, 0.29) is 28.8 Å². The summed E-state index contributed by atoms with van der Waals surface area (Å²) < 4.78 is 33.6. The Kier molecular flexibility index (Phi) is 5.70. The fourth-order valence-corrected chi connectivity index (χ4v) is 1.87. The van der Waals surface area contributed by atoms with E-state index in [1.165, 1.54) is 6.07 Å². The van der Waals surface area contributed by atoms with Gasteiger partial charge in [0.2, 0.25) is 0 Å². The summed E-state index contributed by atoms with van der Waals surface area (Å²) in [6.45, 7) is -1.29. The van der Waals surface area contributed by atoms with Gasteiger partial charge in [0.05, 0.1) is 17.7 Å². The Morgan fingerprint density at radius 2 is 2.21 bits per heavy atom. The van der Waals surface area contributed by atoms with Gasteiger partial charge in [-0.1, -0.05) is 15.9 Å². The zero-order valence-electron chi connectivity index (χ0n) is 9.95. The molecule has 0 amide bonds. The first-order chi connectivity index (χ1) is 9.03. The fraction of sp³-hybridized carbons (Fsp3) is 0.333. The molecule has 0 saturated carbocycles. The van der Waals surface area contributed by atoms with Gasteiger partial charge in [-0.2, -0.15) is 14.0 Å². The largest absolute Gasteiger partial charge is 0.462 e. The second kappa shape index (κ2) is 7.04. The van der Waals surface area contributed by atoms with Gasteiger partial charge in [-0.3, -0.25) is 0 Å². The number of carbonyl (C=O) groups is 1. The molecule has 0 saturated heterocycles. The maximum Gasteiger partial charge on any atom is 0.387 e. The quantitative estimate of drug-likeness (QED) is 0.613. The van der Waals surface area contributed by atoms with E-state index in [1.807, 2.05) is 0 Å². The highest BCUT2D eigenvalue weighted by molar-refractivity contribution is 9.08. The van der Waals surface area contributed by atoms with Crippen molar-refractivity contribution in [3.05, 3.63) is 28.8 Å². The molecular weight excluding hydrogens is 324 g/mol. The van der Waals surface area contributed by atoms with Gasteiger partial charge in [-0.15, -0.1) is 0 Å². The molecule has 1 aromatic carbocycles. The van der Waals surface area contributed by atoms with Crippen molar-refractivity contribution in [2.75, 3.05) is 6.61 Å². The zero-order valence-corrected chi connectivity index (χ0v) is 11.5. The molecular formula is C12H10BrF2NO3. The van der Waals surface area contributed by atoms with Crippen LogP contribution in [0.5, 0.6) is 5.75 Å². The number of alkyl halides is 3. The molecule has 0 N–H and O–H groups in total. The number of halogens is 3. The molecule has 102 valence electrons. The number of carbonyl (C=O) groups excluding carboxylic acids is 1. The molecule has 0 radical (unpaired) electrons. The molecule has 0 aromatic heterocycles. The third-order valence-electron chi connectivity index (χ3n) is 2.17. The minimum absolute atomic E-state index is 0.0368. The van der Waals surface area contributed by atoms with Crippen LogP contribution in [0.25, 0.3) is 0 Å². The minimum Gasteiger partial charge on any atom is -0.462 e. The van der Waals surface area contributed by atoms with Gasteiger partial charge in [0.25, 0.3) is 0 Å². The molecule has 1 aromatic rings. The van der Waals surface area contributed by atoms with Gasteiger partial charge in [0.15, 0.2) is 0 Å². The first-order valence-electron chi connectivity index (χ1n) is 5.28. The number of rotatable bonds is 5. The number of hydrogen-bond donors (Lipinski definition) is 0. The number of nitriles is 1. The Hall–Kier alpha value is -1.68. The Balaban J connectivity index is 3.30. The molecule has 0 spiro atoms. The molecule has 0 heterocycles.